The summed E-state index contributed by atoms with van der Waals surface area (Å²) in [5, 5.41) is 11.4. The molecule has 1 aliphatic rings. The third-order valence-corrected chi connectivity index (χ3v) is 2.77. The number of alkyl halides is 2. The van der Waals surface area contributed by atoms with Gasteiger partial charge < -0.3 is 15.2 Å². The van der Waals surface area contributed by atoms with Gasteiger partial charge in [0.05, 0.1) is 6.10 Å². The Morgan fingerprint density at radius 3 is 2.65 bits per heavy atom. The average Bonchev–Trinajstić information content (AvgIpc) is 2.21. The van der Waals surface area contributed by atoms with E-state index in [4.69, 9.17) is 9.84 Å². The lowest BCUT2D eigenvalue weighted by Gasteiger charge is -2.27. The molecule has 2 N–H and O–H groups in total. The van der Waals surface area contributed by atoms with Crippen molar-refractivity contribution in [3.63, 3.8) is 0 Å². The molecule has 4 nitrogen and oxygen atoms in total. The van der Waals surface area contributed by atoms with Crippen molar-refractivity contribution in [2.75, 3.05) is 6.54 Å². The van der Waals surface area contributed by atoms with Crippen molar-refractivity contribution >= 4 is 6.09 Å². The van der Waals surface area contributed by atoms with Gasteiger partial charge in [0.15, 0.2) is 0 Å². The first-order chi connectivity index (χ1) is 7.89. The number of amides is 1. The van der Waals surface area contributed by atoms with Crippen molar-refractivity contribution in [1.29, 1.82) is 0 Å². The van der Waals surface area contributed by atoms with Crippen LogP contribution in [0.5, 0.6) is 0 Å². The number of hydrogen-bond acceptors (Lipinski definition) is 3. The van der Waals surface area contributed by atoms with Gasteiger partial charge in [0, 0.05) is 19.4 Å². The number of nitrogens with one attached hydrogen (secondary N) is 1. The van der Waals surface area contributed by atoms with Crippen LogP contribution in [0.25, 0.3) is 0 Å². The Balaban J connectivity index is 2.15. The first kappa shape index (κ1) is 14.2. The topological polar surface area (TPSA) is 58.6 Å². The van der Waals surface area contributed by atoms with Crippen molar-refractivity contribution in [3.05, 3.63) is 0 Å². The van der Waals surface area contributed by atoms with Gasteiger partial charge in [-0.2, -0.15) is 0 Å². The highest BCUT2D eigenvalue weighted by Crippen LogP contribution is 2.34. The molecular weight excluding hydrogens is 232 g/mol. The SMILES string of the molecule is C[C@@H](O)CCNC(=O)OC1CCC(F)(F)CC1. The fraction of sp³-hybridized carbons (Fsp3) is 0.909. The predicted octanol–water partition coefficient (Wildman–Crippen LogP) is 2.06. The van der Waals surface area contributed by atoms with Crippen LogP contribution in [0, 0.1) is 0 Å². The third-order valence-electron chi connectivity index (χ3n) is 2.77. The number of alkyl carbamates (subject to hydrolysis) is 1. The van der Waals surface area contributed by atoms with Crippen LogP contribution in [0.2, 0.25) is 0 Å². The highest BCUT2D eigenvalue weighted by molar-refractivity contribution is 5.67. The molecule has 1 fully saturated rings. The Labute approximate surface area is 99.3 Å². The summed E-state index contributed by atoms with van der Waals surface area (Å²) < 4.78 is 30.6. The van der Waals surface area contributed by atoms with Crippen molar-refractivity contribution in [2.24, 2.45) is 0 Å². The average molecular weight is 251 g/mol. The highest BCUT2D eigenvalue weighted by atomic mass is 19.3. The molecule has 0 aromatic carbocycles. The molecule has 1 aliphatic carbocycles. The van der Waals surface area contributed by atoms with Crippen LogP contribution >= 0.6 is 0 Å². The van der Waals surface area contributed by atoms with Crippen molar-refractivity contribution < 1.29 is 23.4 Å². The summed E-state index contributed by atoms with van der Waals surface area (Å²) in [6.07, 6.45) is -1.09. The normalized spacial score (nSPS) is 21.9. The first-order valence-corrected chi connectivity index (χ1v) is 5.89. The molecule has 0 bridgehead atoms. The molecule has 6 heteroatoms. The number of ether oxygens (including phenoxy) is 1. The highest BCUT2D eigenvalue weighted by Gasteiger charge is 2.36. The number of rotatable bonds is 4. The molecular formula is C11H19F2NO3. The standard InChI is InChI=1S/C11H19F2NO3/c1-8(15)4-7-14-10(16)17-9-2-5-11(12,13)6-3-9/h8-9,15H,2-7H2,1H3,(H,14,16)/t8-/m1/s1. The third kappa shape index (κ3) is 5.81. The Morgan fingerprint density at radius 1 is 1.53 bits per heavy atom. The summed E-state index contributed by atoms with van der Waals surface area (Å²) in [5.41, 5.74) is 0. The lowest BCUT2D eigenvalue weighted by molar-refractivity contribution is -0.0655. The van der Waals surface area contributed by atoms with E-state index in [1.54, 1.807) is 6.92 Å². The maximum Gasteiger partial charge on any atom is 0.407 e. The number of aliphatic hydroxyl groups excluding tert-OH is 1. The van der Waals surface area contributed by atoms with Gasteiger partial charge >= 0.3 is 6.09 Å². The quantitative estimate of drug-likeness (QED) is 0.804. The van der Waals surface area contributed by atoms with Gasteiger partial charge in [-0.1, -0.05) is 0 Å². The molecule has 0 spiro atoms. The summed E-state index contributed by atoms with van der Waals surface area (Å²) in [6.45, 7) is 1.94. The Kier molecular flexibility index (Phi) is 5.11. The molecule has 0 radical (unpaired) electrons. The molecule has 0 unspecified atom stereocenters. The molecule has 1 atom stereocenters. The minimum Gasteiger partial charge on any atom is -0.446 e. The lowest BCUT2D eigenvalue weighted by atomic mass is 9.94. The fourth-order valence-corrected chi connectivity index (χ4v) is 1.71. The van der Waals surface area contributed by atoms with Gasteiger partial charge in [-0.15, -0.1) is 0 Å². The van der Waals surface area contributed by atoms with Crippen LogP contribution in [-0.2, 0) is 4.74 Å². The van der Waals surface area contributed by atoms with E-state index in [1.807, 2.05) is 0 Å². The first-order valence-electron chi connectivity index (χ1n) is 5.89. The number of carbonyl (C=O) groups is 1. The minimum atomic E-state index is -2.61. The van der Waals surface area contributed by atoms with Gasteiger partial charge in [-0.25, -0.2) is 13.6 Å². The van der Waals surface area contributed by atoms with E-state index in [9.17, 15) is 13.6 Å². The van der Waals surface area contributed by atoms with Crippen LogP contribution in [-0.4, -0.2) is 35.9 Å². The number of aliphatic hydroxyl groups is 1. The van der Waals surface area contributed by atoms with Crippen LogP contribution in [0.1, 0.15) is 39.0 Å². The van der Waals surface area contributed by atoms with Gasteiger partial charge in [0.2, 0.25) is 5.92 Å². The van der Waals surface area contributed by atoms with Crippen LogP contribution in [0.3, 0.4) is 0 Å². The van der Waals surface area contributed by atoms with E-state index >= 15 is 0 Å². The molecule has 1 rings (SSSR count). The minimum absolute atomic E-state index is 0.205. The van der Waals surface area contributed by atoms with E-state index in [1.165, 1.54) is 0 Å². The zero-order valence-corrected chi connectivity index (χ0v) is 9.92. The van der Waals surface area contributed by atoms with Crippen LogP contribution in [0.15, 0.2) is 0 Å². The largest absolute Gasteiger partial charge is 0.446 e. The maximum atomic E-state index is 12.8. The predicted molar refractivity (Wildman–Crippen MR) is 58.0 cm³/mol. The number of carbonyl (C=O) groups excluding carboxylic acids is 1. The Hall–Kier alpha value is -0.910. The monoisotopic (exact) mass is 251 g/mol. The second-order valence-electron chi connectivity index (χ2n) is 4.53. The molecule has 17 heavy (non-hydrogen) atoms. The van der Waals surface area contributed by atoms with Gasteiger partial charge in [0.25, 0.3) is 0 Å². The molecule has 0 aromatic rings. The van der Waals surface area contributed by atoms with Gasteiger partial charge in [-0.05, 0) is 26.2 Å². The van der Waals surface area contributed by atoms with E-state index < -0.39 is 24.2 Å². The smallest absolute Gasteiger partial charge is 0.407 e. The molecule has 1 amide bonds. The van der Waals surface area contributed by atoms with E-state index in [-0.39, 0.29) is 25.7 Å². The van der Waals surface area contributed by atoms with Crippen LogP contribution < -0.4 is 5.32 Å². The molecule has 0 saturated heterocycles. The van der Waals surface area contributed by atoms with E-state index in [2.05, 4.69) is 5.32 Å². The van der Waals surface area contributed by atoms with Crippen molar-refractivity contribution in [2.45, 2.75) is 57.2 Å². The molecule has 1 saturated carbocycles. The summed E-state index contributed by atoms with van der Waals surface area (Å²) in [4.78, 5) is 11.3. The second-order valence-corrected chi connectivity index (χ2v) is 4.53. The zero-order valence-electron chi connectivity index (χ0n) is 9.92. The maximum absolute atomic E-state index is 12.8. The Bertz CT molecular complexity index is 249. The van der Waals surface area contributed by atoms with Crippen molar-refractivity contribution in [3.8, 4) is 0 Å². The molecule has 0 aromatic heterocycles. The van der Waals surface area contributed by atoms with E-state index in [0.29, 0.717) is 13.0 Å². The lowest BCUT2D eigenvalue weighted by Crippen LogP contribution is -2.35. The van der Waals surface area contributed by atoms with Crippen LogP contribution in [0.4, 0.5) is 13.6 Å². The molecule has 0 heterocycles. The van der Waals surface area contributed by atoms with Gasteiger partial charge in [-0.3, -0.25) is 0 Å². The summed E-state index contributed by atoms with van der Waals surface area (Å²) in [5.74, 6) is -2.61. The molecule has 100 valence electrons. The summed E-state index contributed by atoms with van der Waals surface area (Å²) in [6, 6.07) is 0. The summed E-state index contributed by atoms with van der Waals surface area (Å²) >= 11 is 0. The molecule has 0 aliphatic heterocycles. The number of halogens is 2. The zero-order chi connectivity index (χ0) is 12.9. The fourth-order valence-electron chi connectivity index (χ4n) is 1.71. The van der Waals surface area contributed by atoms with Crippen molar-refractivity contribution in [1.82, 2.24) is 5.32 Å². The summed E-state index contributed by atoms with van der Waals surface area (Å²) in [7, 11) is 0. The van der Waals surface area contributed by atoms with Gasteiger partial charge in [0.1, 0.15) is 6.10 Å². The van der Waals surface area contributed by atoms with E-state index in [0.717, 1.165) is 0 Å². The Morgan fingerprint density at radius 2 is 2.12 bits per heavy atom. The number of hydrogen-bond donors (Lipinski definition) is 2. The second kappa shape index (κ2) is 6.14.